The van der Waals surface area contributed by atoms with Crippen LogP contribution < -0.4 is 20.3 Å². The third-order valence-electron chi connectivity index (χ3n) is 5.06. The van der Waals surface area contributed by atoms with E-state index in [2.05, 4.69) is 20.6 Å². The van der Waals surface area contributed by atoms with Crippen LogP contribution in [0.2, 0.25) is 10.0 Å². The molecule has 1 aromatic heterocycles. The van der Waals surface area contributed by atoms with Gasteiger partial charge in [-0.15, -0.1) is 0 Å². The van der Waals surface area contributed by atoms with E-state index < -0.39 is 0 Å². The number of aromatic nitrogens is 2. The second-order valence-corrected chi connectivity index (χ2v) is 7.87. The molecular formula is C21H15Cl2N5O3. The zero-order chi connectivity index (χ0) is 21.5. The van der Waals surface area contributed by atoms with Gasteiger partial charge in [0.25, 0.3) is 5.91 Å². The molecule has 3 aromatic rings. The van der Waals surface area contributed by atoms with Crippen LogP contribution in [0.25, 0.3) is 0 Å². The summed E-state index contributed by atoms with van der Waals surface area (Å²) in [5.74, 6) is 0.121. The second-order valence-electron chi connectivity index (χ2n) is 7.05. The molecule has 0 atom stereocenters. The topological polar surface area (TPSA) is 96.4 Å². The van der Waals surface area contributed by atoms with Crippen LogP contribution in [0.1, 0.15) is 21.5 Å². The predicted octanol–water partition coefficient (Wildman–Crippen LogP) is 3.70. The number of para-hydroxylation sites is 1. The molecule has 0 radical (unpaired) electrons. The average molecular weight is 456 g/mol. The van der Waals surface area contributed by atoms with E-state index in [-0.39, 0.29) is 35.9 Å². The molecule has 31 heavy (non-hydrogen) atoms. The number of anilines is 3. The second kappa shape index (κ2) is 7.72. The minimum atomic E-state index is -0.354. The van der Waals surface area contributed by atoms with E-state index in [1.165, 1.54) is 11.1 Å². The smallest absolute Gasteiger partial charge is 0.268 e. The number of nitrogens with zero attached hydrogens (tertiary/aromatic N) is 3. The van der Waals surface area contributed by atoms with Gasteiger partial charge < -0.3 is 15.4 Å². The first-order chi connectivity index (χ1) is 15.0. The number of benzene rings is 2. The Balaban J connectivity index is 1.39. The number of halogens is 2. The van der Waals surface area contributed by atoms with Crippen LogP contribution in [0.15, 0.2) is 42.6 Å². The Morgan fingerprint density at radius 1 is 1.10 bits per heavy atom. The van der Waals surface area contributed by atoms with Crippen molar-refractivity contribution < 1.29 is 14.3 Å². The molecule has 5 rings (SSSR count). The molecule has 0 unspecified atom stereocenters. The zero-order valence-corrected chi connectivity index (χ0v) is 17.5. The van der Waals surface area contributed by atoms with Crippen molar-refractivity contribution >= 4 is 52.3 Å². The number of amides is 2. The van der Waals surface area contributed by atoms with Crippen LogP contribution >= 0.6 is 23.2 Å². The molecular weight excluding hydrogens is 441 g/mol. The number of carbonyl (C=O) groups excluding carboxylic acids is 2. The van der Waals surface area contributed by atoms with Gasteiger partial charge in [-0.1, -0.05) is 35.3 Å². The first kappa shape index (κ1) is 19.6. The molecule has 8 nitrogen and oxygen atoms in total. The van der Waals surface area contributed by atoms with Crippen molar-refractivity contribution in [2.24, 2.45) is 0 Å². The fourth-order valence-corrected chi connectivity index (χ4v) is 4.13. The van der Waals surface area contributed by atoms with Crippen LogP contribution in [0.5, 0.6) is 5.88 Å². The van der Waals surface area contributed by atoms with E-state index in [0.717, 1.165) is 16.8 Å². The highest BCUT2D eigenvalue weighted by molar-refractivity contribution is 6.40. The molecule has 0 spiro atoms. The van der Waals surface area contributed by atoms with Crippen LogP contribution in [0.3, 0.4) is 0 Å². The fourth-order valence-electron chi connectivity index (χ4n) is 3.52. The lowest BCUT2D eigenvalue weighted by Gasteiger charge is -2.29. The van der Waals surface area contributed by atoms with Gasteiger partial charge in [0.2, 0.25) is 17.7 Å². The molecule has 0 bridgehead atoms. The summed E-state index contributed by atoms with van der Waals surface area (Å²) >= 11 is 12.5. The van der Waals surface area contributed by atoms with Crippen molar-refractivity contribution in [3.63, 3.8) is 0 Å². The molecule has 10 heteroatoms. The first-order valence-electron chi connectivity index (χ1n) is 9.41. The summed E-state index contributed by atoms with van der Waals surface area (Å²) in [6.07, 6.45) is 1.77. The van der Waals surface area contributed by atoms with Gasteiger partial charge in [-0.05, 0) is 35.4 Å². The molecule has 0 saturated carbocycles. The third kappa shape index (κ3) is 3.64. The molecule has 0 aliphatic carbocycles. The molecule has 156 valence electrons. The summed E-state index contributed by atoms with van der Waals surface area (Å²) in [6.45, 7) is 0.400. The normalized spacial score (nSPS) is 15.0. The standard InChI is InChI=1S/C21H15Cl2N5O3/c22-15-2-1-3-16(23)18(15)28-10-31-19-14(20(28)30)9-25-21(27-19)26-13-5-4-11-7-17(29)24-8-12(11)6-13/h1-6,9H,7-8,10H2,(H,24,29)(H,25,26,27). The Morgan fingerprint density at radius 3 is 2.71 bits per heavy atom. The number of ether oxygens (including phenoxy) is 1. The Morgan fingerprint density at radius 2 is 1.90 bits per heavy atom. The number of hydrogen-bond acceptors (Lipinski definition) is 6. The number of rotatable bonds is 3. The van der Waals surface area contributed by atoms with E-state index in [9.17, 15) is 9.59 Å². The summed E-state index contributed by atoms with van der Waals surface area (Å²) < 4.78 is 5.70. The Hall–Kier alpha value is -3.36. The highest BCUT2D eigenvalue weighted by atomic mass is 35.5. The lowest BCUT2D eigenvalue weighted by molar-refractivity contribution is -0.121. The highest BCUT2D eigenvalue weighted by Crippen LogP contribution is 2.37. The fraction of sp³-hybridized carbons (Fsp3) is 0.143. The Kier molecular flexibility index (Phi) is 4.88. The van der Waals surface area contributed by atoms with E-state index in [4.69, 9.17) is 27.9 Å². The van der Waals surface area contributed by atoms with Crippen molar-refractivity contribution in [2.45, 2.75) is 13.0 Å². The maximum Gasteiger partial charge on any atom is 0.268 e. The molecule has 0 fully saturated rings. The van der Waals surface area contributed by atoms with Gasteiger partial charge in [0.1, 0.15) is 5.56 Å². The maximum absolute atomic E-state index is 13.0. The van der Waals surface area contributed by atoms with Gasteiger partial charge in [-0.2, -0.15) is 4.98 Å². The summed E-state index contributed by atoms with van der Waals surface area (Å²) in [5.41, 5.74) is 3.38. The zero-order valence-electron chi connectivity index (χ0n) is 16.0. The maximum atomic E-state index is 13.0. The van der Waals surface area contributed by atoms with E-state index in [1.54, 1.807) is 18.2 Å². The number of hydrogen-bond donors (Lipinski definition) is 2. The van der Waals surface area contributed by atoms with E-state index in [1.807, 2.05) is 18.2 Å². The number of fused-ring (bicyclic) bond motifs is 2. The molecule has 2 aliphatic heterocycles. The van der Waals surface area contributed by atoms with Crippen LogP contribution in [0, 0.1) is 0 Å². The van der Waals surface area contributed by atoms with E-state index >= 15 is 0 Å². The molecule has 2 N–H and O–H groups in total. The van der Waals surface area contributed by atoms with Crippen molar-refractivity contribution in [2.75, 3.05) is 16.9 Å². The molecule has 2 aromatic carbocycles. The lowest BCUT2D eigenvalue weighted by atomic mass is 10.00. The molecule has 2 aliphatic rings. The molecule has 2 amide bonds. The Bertz CT molecular complexity index is 1210. The largest absolute Gasteiger partial charge is 0.455 e. The van der Waals surface area contributed by atoms with Gasteiger partial charge in [-0.25, -0.2) is 4.98 Å². The van der Waals surface area contributed by atoms with Crippen LogP contribution in [0.4, 0.5) is 17.3 Å². The third-order valence-corrected chi connectivity index (χ3v) is 5.67. The summed E-state index contributed by atoms with van der Waals surface area (Å²) in [4.78, 5) is 34.4. The van der Waals surface area contributed by atoms with E-state index in [0.29, 0.717) is 28.7 Å². The van der Waals surface area contributed by atoms with Crippen molar-refractivity contribution in [1.82, 2.24) is 15.3 Å². The van der Waals surface area contributed by atoms with Crippen LogP contribution in [-0.2, 0) is 17.8 Å². The monoisotopic (exact) mass is 455 g/mol. The van der Waals surface area contributed by atoms with Crippen molar-refractivity contribution in [3.05, 3.63) is 69.3 Å². The quantitative estimate of drug-likeness (QED) is 0.624. The lowest BCUT2D eigenvalue weighted by Crippen LogP contribution is -2.39. The first-order valence-corrected chi connectivity index (χ1v) is 10.2. The molecule has 3 heterocycles. The average Bonchev–Trinajstić information content (AvgIpc) is 2.75. The van der Waals surface area contributed by atoms with Gasteiger partial charge in [0, 0.05) is 18.4 Å². The van der Waals surface area contributed by atoms with Gasteiger partial charge in [0.05, 0.1) is 22.2 Å². The SMILES string of the molecule is O=C1Cc2ccc(Nc3ncc4c(n3)OCN(c3c(Cl)cccc3Cl)C4=O)cc2CN1. The molecule has 0 saturated heterocycles. The Labute approximate surface area is 187 Å². The summed E-state index contributed by atoms with van der Waals surface area (Å²) in [5, 5.41) is 6.62. The van der Waals surface area contributed by atoms with Crippen molar-refractivity contribution in [3.8, 4) is 5.88 Å². The van der Waals surface area contributed by atoms with Gasteiger partial charge >= 0.3 is 0 Å². The minimum absolute atomic E-state index is 0.0140. The predicted molar refractivity (Wildman–Crippen MR) is 116 cm³/mol. The van der Waals surface area contributed by atoms with Gasteiger partial charge in [-0.3, -0.25) is 14.5 Å². The minimum Gasteiger partial charge on any atom is -0.455 e. The number of carbonyl (C=O) groups is 2. The van der Waals surface area contributed by atoms with Gasteiger partial charge in [0.15, 0.2) is 6.73 Å². The number of nitrogens with one attached hydrogen (secondary N) is 2. The highest BCUT2D eigenvalue weighted by Gasteiger charge is 2.31. The summed E-state index contributed by atoms with van der Waals surface area (Å²) in [6, 6.07) is 10.7. The van der Waals surface area contributed by atoms with Crippen LogP contribution in [-0.4, -0.2) is 28.5 Å². The van der Waals surface area contributed by atoms with Crippen molar-refractivity contribution in [1.29, 1.82) is 0 Å². The summed E-state index contributed by atoms with van der Waals surface area (Å²) in [7, 11) is 0.